The third kappa shape index (κ3) is 4.97. The number of alkyl halides is 3. The molecule has 0 amide bonds. The third-order valence-corrected chi connectivity index (χ3v) is 3.28. The van der Waals surface area contributed by atoms with Crippen LogP contribution in [-0.2, 0) is 10.9 Å². The van der Waals surface area contributed by atoms with E-state index in [1.165, 1.54) is 12.1 Å². The van der Waals surface area contributed by atoms with Crippen molar-refractivity contribution in [1.29, 1.82) is 0 Å². The Morgan fingerprint density at radius 1 is 0.962 bits per heavy atom. The lowest BCUT2D eigenvalue weighted by Gasteiger charge is -2.21. The van der Waals surface area contributed by atoms with Gasteiger partial charge in [0.05, 0.1) is 5.56 Å². The van der Waals surface area contributed by atoms with Gasteiger partial charge in [-0.15, -0.1) is 0 Å². The Hall–Kier alpha value is -2.57. The topological polar surface area (TPSA) is 35.5 Å². The molecular weight excluding hydrogens is 352 g/mol. The minimum absolute atomic E-state index is 0.109. The predicted molar refractivity (Wildman–Crippen MR) is 87.8 cm³/mol. The molecule has 2 aromatic carbocycles. The Morgan fingerprint density at radius 2 is 1.58 bits per heavy atom. The molecular formula is C19H18F4O3. The number of hydrogen-bond acceptors (Lipinski definition) is 3. The molecule has 0 aromatic heterocycles. The van der Waals surface area contributed by atoms with Gasteiger partial charge in [0.1, 0.15) is 28.5 Å². The van der Waals surface area contributed by atoms with Crippen LogP contribution in [0.1, 0.15) is 42.3 Å². The molecule has 0 atom stereocenters. The summed E-state index contributed by atoms with van der Waals surface area (Å²) in [7, 11) is 0. The average molecular weight is 370 g/mol. The highest BCUT2D eigenvalue weighted by Crippen LogP contribution is 2.35. The second-order valence-electron chi connectivity index (χ2n) is 6.72. The first kappa shape index (κ1) is 19.8. The van der Waals surface area contributed by atoms with Crippen molar-refractivity contribution in [2.24, 2.45) is 0 Å². The number of benzene rings is 2. The van der Waals surface area contributed by atoms with Gasteiger partial charge in [0.2, 0.25) is 0 Å². The van der Waals surface area contributed by atoms with Gasteiger partial charge in [-0.1, -0.05) is 0 Å². The number of esters is 1. The number of ether oxygens (including phenoxy) is 2. The molecule has 2 aromatic rings. The molecule has 0 aliphatic rings. The van der Waals surface area contributed by atoms with Gasteiger partial charge in [-0.3, -0.25) is 0 Å². The van der Waals surface area contributed by atoms with Gasteiger partial charge in [0.15, 0.2) is 0 Å². The molecule has 3 nitrogen and oxygen atoms in total. The fraction of sp³-hybridized carbons (Fsp3) is 0.316. The lowest BCUT2D eigenvalue weighted by Crippen LogP contribution is -2.24. The van der Waals surface area contributed by atoms with Crippen LogP contribution in [0.5, 0.6) is 11.5 Å². The largest absolute Gasteiger partial charge is 0.456 e. The molecule has 0 N–H and O–H groups in total. The molecule has 0 spiro atoms. The van der Waals surface area contributed by atoms with E-state index in [0.29, 0.717) is 11.6 Å². The first-order valence-electron chi connectivity index (χ1n) is 7.75. The predicted octanol–water partition coefficient (Wildman–Crippen LogP) is 5.90. The van der Waals surface area contributed by atoms with Gasteiger partial charge < -0.3 is 9.47 Å². The van der Waals surface area contributed by atoms with E-state index in [0.717, 1.165) is 18.2 Å². The molecule has 0 aliphatic heterocycles. The lowest BCUT2D eigenvalue weighted by atomic mass is 10.1. The fourth-order valence-electron chi connectivity index (χ4n) is 2.13. The number of rotatable bonds is 3. The summed E-state index contributed by atoms with van der Waals surface area (Å²) in [6.45, 7) is 6.38. The van der Waals surface area contributed by atoms with E-state index >= 15 is 0 Å². The van der Waals surface area contributed by atoms with E-state index in [2.05, 4.69) is 0 Å². The van der Waals surface area contributed by atoms with Gasteiger partial charge in [-0.25, -0.2) is 9.18 Å². The maximum absolute atomic E-state index is 13.2. The molecule has 140 valence electrons. The first-order chi connectivity index (χ1) is 11.9. The zero-order valence-electron chi connectivity index (χ0n) is 14.7. The van der Waals surface area contributed by atoms with Crippen molar-refractivity contribution >= 4 is 5.97 Å². The number of carbonyl (C=O) groups is 1. The van der Waals surface area contributed by atoms with E-state index in [4.69, 9.17) is 9.47 Å². The monoisotopic (exact) mass is 370 g/mol. The molecule has 0 unspecified atom stereocenters. The minimum atomic E-state index is -4.62. The molecule has 7 heteroatoms. The van der Waals surface area contributed by atoms with E-state index in [1.54, 1.807) is 27.7 Å². The number of aryl methyl sites for hydroxylation is 1. The summed E-state index contributed by atoms with van der Waals surface area (Å²) in [5, 5.41) is 0. The summed E-state index contributed by atoms with van der Waals surface area (Å²) in [6, 6.07) is 6.24. The molecule has 0 heterocycles. The lowest BCUT2D eigenvalue weighted by molar-refractivity contribution is -0.137. The third-order valence-electron chi connectivity index (χ3n) is 3.28. The van der Waals surface area contributed by atoms with Crippen LogP contribution in [0.4, 0.5) is 17.6 Å². The Bertz CT molecular complexity index is 821. The van der Waals surface area contributed by atoms with Crippen LogP contribution in [0.25, 0.3) is 0 Å². The second-order valence-corrected chi connectivity index (χ2v) is 6.72. The van der Waals surface area contributed by atoms with Crippen LogP contribution in [0.3, 0.4) is 0 Å². The smallest absolute Gasteiger partial charge is 0.416 e. The average Bonchev–Trinajstić information content (AvgIpc) is 2.47. The van der Waals surface area contributed by atoms with Crippen LogP contribution in [0, 0.1) is 12.7 Å². The summed E-state index contributed by atoms with van der Waals surface area (Å²) < 4.78 is 63.0. The van der Waals surface area contributed by atoms with E-state index in [9.17, 15) is 22.4 Å². The van der Waals surface area contributed by atoms with Crippen LogP contribution < -0.4 is 4.74 Å². The zero-order valence-corrected chi connectivity index (χ0v) is 14.7. The van der Waals surface area contributed by atoms with E-state index < -0.39 is 29.1 Å². The SMILES string of the molecule is Cc1cc(F)ccc1Oc1ccc(C(F)(F)F)cc1C(=O)OC(C)(C)C. The van der Waals surface area contributed by atoms with Gasteiger partial charge in [-0.2, -0.15) is 13.2 Å². The summed E-state index contributed by atoms with van der Waals surface area (Å²) in [5.74, 6) is -1.31. The summed E-state index contributed by atoms with van der Waals surface area (Å²) in [4.78, 5) is 12.4. The van der Waals surface area contributed by atoms with Crippen LogP contribution in [0.15, 0.2) is 36.4 Å². The second kappa shape index (κ2) is 6.97. The minimum Gasteiger partial charge on any atom is -0.456 e. The summed E-state index contributed by atoms with van der Waals surface area (Å²) in [6.07, 6.45) is -4.62. The van der Waals surface area contributed by atoms with Crippen molar-refractivity contribution in [3.05, 3.63) is 58.9 Å². The first-order valence-corrected chi connectivity index (χ1v) is 7.75. The van der Waals surface area contributed by atoms with Gasteiger partial charge in [-0.05, 0) is 69.7 Å². The number of carbonyl (C=O) groups excluding carboxylic acids is 1. The van der Waals surface area contributed by atoms with Gasteiger partial charge in [0, 0.05) is 0 Å². The maximum Gasteiger partial charge on any atom is 0.416 e. The van der Waals surface area contributed by atoms with Crippen molar-refractivity contribution in [2.45, 2.75) is 39.5 Å². The van der Waals surface area contributed by atoms with Crippen LogP contribution in [0.2, 0.25) is 0 Å². The van der Waals surface area contributed by atoms with Gasteiger partial charge >= 0.3 is 12.1 Å². The van der Waals surface area contributed by atoms with Gasteiger partial charge in [0.25, 0.3) is 0 Å². The van der Waals surface area contributed by atoms with E-state index in [-0.39, 0.29) is 17.1 Å². The molecule has 2 rings (SSSR count). The molecule has 0 saturated carbocycles. The summed E-state index contributed by atoms with van der Waals surface area (Å²) in [5.41, 5.74) is -1.82. The molecule has 0 fully saturated rings. The molecule has 26 heavy (non-hydrogen) atoms. The van der Waals surface area contributed by atoms with E-state index in [1.807, 2.05) is 0 Å². The van der Waals surface area contributed by atoms with Crippen LogP contribution >= 0.6 is 0 Å². The highest BCUT2D eigenvalue weighted by molar-refractivity contribution is 5.93. The maximum atomic E-state index is 13.2. The molecule has 0 saturated heterocycles. The highest BCUT2D eigenvalue weighted by Gasteiger charge is 2.33. The Morgan fingerprint density at radius 3 is 2.12 bits per heavy atom. The molecule has 0 radical (unpaired) electrons. The molecule has 0 aliphatic carbocycles. The Balaban J connectivity index is 2.48. The summed E-state index contributed by atoms with van der Waals surface area (Å²) >= 11 is 0. The molecule has 0 bridgehead atoms. The van der Waals surface area contributed by atoms with Crippen molar-refractivity contribution in [2.75, 3.05) is 0 Å². The highest BCUT2D eigenvalue weighted by atomic mass is 19.4. The standard InChI is InChI=1S/C19H18F4O3/c1-11-9-13(20)6-8-15(11)25-16-7-5-12(19(21,22)23)10-14(16)17(24)26-18(2,3)4/h5-10H,1-4H3. The normalized spacial score (nSPS) is 12.0. The van der Waals surface area contributed by atoms with Crippen molar-refractivity contribution in [3.63, 3.8) is 0 Å². The van der Waals surface area contributed by atoms with Crippen molar-refractivity contribution in [1.82, 2.24) is 0 Å². The Labute approximate surface area is 148 Å². The Kier molecular flexibility index (Phi) is 5.30. The quantitative estimate of drug-likeness (QED) is 0.498. The van der Waals surface area contributed by atoms with Crippen LogP contribution in [-0.4, -0.2) is 11.6 Å². The number of hydrogen-bond donors (Lipinski definition) is 0. The van der Waals surface area contributed by atoms with Crippen molar-refractivity contribution in [3.8, 4) is 11.5 Å². The number of halogens is 4. The van der Waals surface area contributed by atoms with Crippen molar-refractivity contribution < 1.29 is 31.8 Å². The fourth-order valence-corrected chi connectivity index (χ4v) is 2.13. The zero-order chi connectivity index (χ0) is 19.7.